The number of hydrogen-bond acceptors (Lipinski definition) is 1. The van der Waals surface area contributed by atoms with E-state index in [1.807, 2.05) is 0 Å². The number of benzene rings is 1. The highest BCUT2D eigenvalue weighted by Gasteiger charge is 2.17. The fourth-order valence-corrected chi connectivity index (χ4v) is 3.07. The first-order chi connectivity index (χ1) is 9.95. The highest BCUT2D eigenvalue weighted by atomic mass is 16.1. The minimum absolute atomic E-state index is 0.155. The number of amides is 1. The summed E-state index contributed by atoms with van der Waals surface area (Å²) >= 11 is 0. The molecule has 2 heteroatoms. The molecule has 1 aromatic carbocycles. The average molecular weight is 287 g/mol. The minimum Gasteiger partial charge on any atom is -0.352 e. The van der Waals surface area contributed by atoms with Gasteiger partial charge in [0.15, 0.2) is 0 Å². The maximum absolute atomic E-state index is 12.1. The Hall–Kier alpha value is -1.31. The first kappa shape index (κ1) is 16.1. The Bertz CT molecular complexity index is 467. The highest BCUT2D eigenvalue weighted by Crippen LogP contribution is 2.26. The molecule has 1 aliphatic carbocycles. The van der Waals surface area contributed by atoms with Crippen molar-refractivity contribution < 1.29 is 4.79 Å². The van der Waals surface area contributed by atoms with Gasteiger partial charge in [-0.1, -0.05) is 64.3 Å². The third kappa shape index (κ3) is 5.18. The molecule has 1 aliphatic rings. The van der Waals surface area contributed by atoms with E-state index in [1.54, 1.807) is 0 Å². The van der Waals surface area contributed by atoms with Crippen LogP contribution in [0, 0.1) is 5.92 Å². The van der Waals surface area contributed by atoms with E-state index in [9.17, 15) is 4.79 Å². The summed E-state index contributed by atoms with van der Waals surface area (Å²) in [6, 6.07) is 8.55. The standard InChI is InChI=1S/C19H29NO/c1-19(2,3)17-11-7-10-16(12-17)14-20-18(21)13-15-8-5-4-6-9-15/h7,10-12,15H,4-6,8-9,13-14H2,1-3H3,(H,20,21). The van der Waals surface area contributed by atoms with Crippen LogP contribution in [-0.4, -0.2) is 5.91 Å². The second kappa shape index (κ2) is 7.11. The number of carbonyl (C=O) groups is 1. The summed E-state index contributed by atoms with van der Waals surface area (Å²) in [5, 5.41) is 3.09. The zero-order valence-corrected chi connectivity index (χ0v) is 13.7. The Morgan fingerprint density at radius 2 is 1.90 bits per heavy atom. The van der Waals surface area contributed by atoms with Gasteiger partial charge in [-0.05, 0) is 35.3 Å². The SMILES string of the molecule is CC(C)(C)c1cccc(CNC(=O)CC2CCCCC2)c1. The summed E-state index contributed by atoms with van der Waals surface area (Å²) in [7, 11) is 0. The van der Waals surface area contributed by atoms with Gasteiger partial charge in [0.05, 0.1) is 0 Å². The lowest BCUT2D eigenvalue weighted by atomic mass is 9.86. The highest BCUT2D eigenvalue weighted by molar-refractivity contribution is 5.76. The van der Waals surface area contributed by atoms with E-state index in [-0.39, 0.29) is 11.3 Å². The van der Waals surface area contributed by atoms with Crippen molar-refractivity contribution in [1.29, 1.82) is 0 Å². The zero-order valence-electron chi connectivity index (χ0n) is 13.7. The third-order valence-electron chi connectivity index (χ3n) is 4.48. The van der Waals surface area contributed by atoms with Crippen LogP contribution in [0.2, 0.25) is 0 Å². The van der Waals surface area contributed by atoms with Crippen molar-refractivity contribution in [3.8, 4) is 0 Å². The molecule has 1 fully saturated rings. The van der Waals surface area contributed by atoms with Gasteiger partial charge >= 0.3 is 0 Å². The molecule has 2 rings (SSSR count). The molecule has 0 spiro atoms. The van der Waals surface area contributed by atoms with Gasteiger partial charge in [-0.2, -0.15) is 0 Å². The van der Waals surface area contributed by atoms with Gasteiger partial charge in [-0.25, -0.2) is 0 Å². The van der Waals surface area contributed by atoms with E-state index in [0.717, 1.165) is 0 Å². The van der Waals surface area contributed by atoms with E-state index >= 15 is 0 Å². The van der Waals surface area contributed by atoms with Gasteiger partial charge in [-0.15, -0.1) is 0 Å². The normalized spacial score (nSPS) is 16.7. The molecular formula is C19H29NO. The first-order valence-electron chi connectivity index (χ1n) is 8.31. The number of nitrogens with one attached hydrogen (secondary N) is 1. The number of rotatable bonds is 4. The molecule has 1 aromatic rings. The van der Waals surface area contributed by atoms with Crippen LogP contribution < -0.4 is 5.32 Å². The molecule has 0 heterocycles. The molecule has 1 amide bonds. The van der Waals surface area contributed by atoms with Crippen LogP contribution in [-0.2, 0) is 16.8 Å². The molecule has 21 heavy (non-hydrogen) atoms. The van der Waals surface area contributed by atoms with E-state index in [2.05, 4.69) is 50.4 Å². The van der Waals surface area contributed by atoms with Crippen LogP contribution in [0.15, 0.2) is 24.3 Å². The van der Waals surface area contributed by atoms with E-state index in [4.69, 9.17) is 0 Å². The largest absolute Gasteiger partial charge is 0.352 e. The van der Waals surface area contributed by atoms with Crippen LogP contribution in [0.4, 0.5) is 0 Å². The van der Waals surface area contributed by atoms with Crippen LogP contribution in [0.1, 0.15) is 70.4 Å². The summed E-state index contributed by atoms with van der Waals surface area (Å²) < 4.78 is 0. The summed E-state index contributed by atoms with van der Waals surface area (Å²) in [6.07, 6.45) is 7.10. The maximum Gasteiger partial charge on any atom is 0.220 e. The lowest BCUT2D eigenvalue weighted by Gasteiger charge is -2.21. The zero-order chi connectivity index (χ0) is 15.3. The summed E-state index contributed by atoms with van der Waals surface area (Å²) in [5.74, 6) is 0.822. The Balaban J connectivity index is 1.83. The lowest BCUT2D eigenvalue weighted by Crippen LogP contribution is -2.26. The maximum atomic E-state index is 12.1. The molecule has 1 N–H and O–H groups in total. The monoisotopic (exact) mass is 287 g/mol. The molecule has 1 saturated carbocycles. The van der Waals surface area contributed by atoms with Crippen molar-refractivity contribution >= 4 is 5.91 Å². The van der Waals surface area contributed by atoms with Crippen molar-refractivity contribution in [3.05, 3.63) is 35.4 Å². The van der Waals surface area contributed by atoms with E-state index < -0.39 is 0 Å². The predicted molar refractivity (Wildman–Crippen MR) is 88.2 cm³/mol. The summed E-state index contributed by atoms with van der Waals surface area (Å²) in [5.41, 5.74) is 2.67. The molecule has 0 aliphatic heterocycles. The molecular weight excluding hydrogens is 258 g/mol. The Labute approximate surface area is 129 Å². The average Bonchev–Trinajstić information content (AvgIpc) is 2.46. The van der Waals surface area contributed by atoms with Gasteiger partial charge in [0.25, 0.3) is 0 Å². The van der Waals surface area contributed by atoms with Crippen molar-refractivity contribution in [1.82, 2.24) is 5.32 Å². The Morgan fingerprint density at radius 3 is 2.57 bits per heavy atom. The lowest BCUT2D eigenvalue weighted by molar-refractivity contribution is -0.122. The summed E-state index contributed by atoms with van der Waals surface area (Å²) in [4.78, 5) is 12.1. The number of hydrogen-bond donors (Lipinski definition) is 1. The fourth-order valence-electron chi connectivity index (χ4n) is 3.07. The molecule has 116 valence electrons. The number of carbonyl (C=O) groups excluding carboxylic acids is 1. The second-order valence-corrected chi connectivity index (χ2v) is 7.44. The van der Waals surface area contributed by atoms with Crippen molar-refractivity contribution in [3.63, 3.8) is 0 Å². The first-order valence-corrected chi connectivity index (χ1v) is 8.31. The van der Waals surface area contributed by atoms with Crippen LogP contribution >= 0.6 is 0 Å². The van der Waals surface area contributed by atoms with Gasteiger partial charge in [-0.3, -0.25) is 4.79 Å². The quantitative estimate of drug-likeness (QED) is 0.863. The third-order valence-corrected chi connectivity index (χ3v) is 4.48. The van der Waals surface area contributed by atoms with Gasteiger partial charge < -0.3 is 5.32 Å². The molecule has 0 bridgehead atoms. The van der Waals surface area contributed by atoms with Gasteiger partial charge in [0.1, 0.15) is 0 Å². The van der Waals surface area contributed by atoms with E-state index in [0.29, 0.717) is 18.9 Å². The second-order valence-electron chi connectivity index (χ2n) is 7.44. The molecule has 2 nitrogen and oxygen atoms in total. The predicted octanol–water partition coefficient (Wildman–Crippen LogP) is 4.57. The van der Waals surface area contributed by atoms with Crippen molar-refractivity contribution in [2.24, 2.45) is 5.92 Å². The molecule has 0 unspecified atom stereocenters. The molecule has 0 saturated heterocycles. The van der Waals surface area contributed by atoms with E-state index in [1.165, 1.54) is 43.2 Å². The molecule has 0 radical (unpaired) electrons. The topological polar surface area (TPSA) is 29.1 Å². The van der Waals surface area contributed by atoms with Crippen LogP contribution in [0.25, 0.3) is 0 Å². The van der Waals surface area contributed by atoms with Gasteiger partial charge in [0.2, 0.25) is 5.91 Å². The molecule has 0 atom stereocenters. The molecule has 0 aromatic heterocycles. The van der Waals surface area contributed by atoms with Crippen molar-refractivity contribution in [2.75, 3.05) is 0 Å². The van der Waals surface area contributed by atoms with Crippen molar-refractivity contribution in [2.45, 2.75) is 71.3 Å². The van der Waals surface area contributed by atoms with Crippen LogP contribution in [0.5, 0.6) is 0 Å². The van der Waals surface area contributed by atoms with Gasteiger partial charge in [0, 0.05) is 13.0 Å². The smallest absolute Gasteiger partial charge is 0.220 e. The fraction of sp³-hybridized carbons (Fsp3) is 0.632. The van der Waals surface area contributed by atoms with Crippen LogP contribution in [0.3, 0.4) is 0 Å². The Kier molecular flexibility index (Phi) is 5.44. The Morgan fingerprint density at radius 1 is 1.19 bits per heavy atom. The minimum atomic E-state index is 0.155. The summed E-state index contributed by atoms with van der Waals surface area (Å²) in [6.45, 7) is 7.30.